The van der Waals surface area contributed by atoms with E-state index in [1.165, 1.54) is 13.8 Å². The Kier molecular flexibility index (Phi) is 6.15. The minimum absolute atomic E-state index is 0.525. The summed E-state index contributed by atoms with van der Waals surface area (Å²) < 4.78 is 0. The fourth-order valence-electron chi connectivity index (χ4n) is 0.893. The average Bonchev–Trinajstić information content (AvgIpc) is 2.24. The molecule has 98 valence electrons. The molecule has 0 saturated carbocycles. The van der Waals surface area contributed by atoms with Crippen LogP contribution in [0.2, 0.25) is 0 Å². The van der Waals surface area contributed by atoms with E-state index in [0.717, 1.165) is 0 Å². The lowest BCUT2D eigenvalue weighted by Crippen LogP contribution is -2.53. The third-order valence-corrected chi connectivity index (χ3v) is 1.96. The summed E-state index contributed by atoms with van der Waals surface area (Å²) in [5.41, 5.74) is 5.28. The number of rotatable bonds is 6. The van der Waals surface area contributed by atoms with Crippen molar-refractivity contribution in [2.75, 3.05) is 6.61 Å². The number of nitrogens with one attached hydrogen (secondary N) is 2. The molecule has 0 spiro atoms. The molecule has 0 heterocycles. The summed E-state index contributed by atoms with van der Waals surface area (Å²) >= 11 is 0. The quantitative estimate of drug-likeness (QED) is 0.348. The zero-order valence-electron chi connectivity index (χ0n) is 9.64. The van der Waals surface area contributed by atoms with Gasteiger partial charge in [0.1, 0.15) is 12.1 Å². The number of hydrogen-bond acceptors (Lipinski definition) is 5. The van der Waals surface area contributed by atoms with Crippen LogP contribution in [0.25, 0.3) is 0 Å². The third-order valence-electron chi connectivity index (χ3n) is 1.96. The summed E-state index contributed by atoms with van der Waals surface area (Å²) in [4.78, 5) is 33.1. The number of aliphatic hydroxyl groups is 1. The average molecular weight is 247 g/mol. The molecule has 6 N–H and O–H groups in total. The molecule has 0 aromatic heterocycles. The number of amides is 2. The van der Waals surface area contributed by atoms with E-state index in [4.69, 9.17) is 15.9 Å². The molecule has 3 atom stereocenters. The van der Waals surface area contributed by atoms with Gasteiger partial charge in [-0.25, -0.2) is 4.79 Å². The highest BCUT2D eigenvalue weighted by atomic mass is 16.4. The number of aliphatic carboxylic acids is 1. The summed E-state index contributed by atoms with van der Waals surface area (Å²) in [5, 5.41) is 21.6. The van der Waals surface area contributed by atoms with Gasteiger partial charge in [0.05, 0.1) is 12.6 Å². The van der Waals surface area contributed by atoms with Crippen LogP contribution in [0.1, 0.15) is 13.8 Å². The van der Waals surface area contributed by atoms with E-state index in [1.54, 1.807) is 0 Å². The number of aliphatic hydroxyl groups excluding tert-OH is 1. The van der Waals surface area contributed by atoms with Crippen LogP contribution in [0, 0.1) is 0 Å². The highest BCUT2D eigenvalue weighted by Gasteiger charge is 2.23. The Hall–Kier alpha value is -1.67. The standard InChI is InChI=1S/C9H17N3O5/c1-4(10)7(14)11-5(2)8(15)12-6(3-13)9(16)17/h4-6,13H,3,10H2,1-2H3,(H,11,14)(H,12,15)(H,16,17). The van der Waals surface area contributed by atoms with Crippen molar-refractivity contribution in [2.45, 2.75) is 32.0 Å². The van der Waals surface area contributed by atoms with Crippen LogP contribution < -0.4 is 16.4 Å². The van der Waals surface area contributed by atoms with E-state index in [1.807, 2.05) is 0 Å². The van der Waals surface area contributed by atoms with Crippen molar-refractivity contribution in [3.05, 3.63) is 0 Å². The summed E-state index contributed by atoms with van der Waals surface area (Å²) in [6, 6.07) is -3.09. The topological polar surface area (TPSA) is 142 Å². The Morgan fingerprint density at radius 2 is 1.71 bits per heavy atom. The molecule has 3 unspecified atom stereocenters. The Bertz CT molecular complexity index is 305. The van der Waals surface area contributed by atoms with Crippen LogP contribution in [0.3, 0.4) is 0 Å². The lowest BCUT2D eigenvalue weighted by Gasteiger charge is -2.18. The number of carboxylic acid groups (broad SMARTS) is 1. The summed E-state index contributed by atoms with van der Waals surface area (Å²) in [6.07, 6.45) is 0. The molecule has 0 saturated heterocycles. The van der Waals surface area contributed by atoms with Crippen LogP contribution >= 0.6 is 0 Å². The van der Waals surface area contributed by atoms with Gasteiger partial charge in [0.15, 0.2) is 0 Å². The van der Waals surface area contributed by atoms with Gasteiger partial charge >= 0.3 is 5.97 Å². The molecule has 8 heteroatoms. The number of hydrogen-bond donors (Lipinski definition) is 5. The van der Waals surface area contributed by atoms with Gasteiger partial charge in [0.2, 0.25) is 11.8 Å². The number of carbonyl (C=O) groups excluding carboxylic acids is 2. The van der Waals surface area contributed by atoms with E-state index >= 15 is 0 Å². The molecule has 0 aromatic rings. The van der Waals surface area contributed by atoms with Crippen LogP contribution in [0.5, 0.6) is 0 Å². The van der Waals surface area contributed by atoms with Crippen molar-refractivity contribution in [3.8, 4) is 0 Å². The Labute approximate surface area is 98.2 Å². The first-order valence-corrected chi connectivity index (χ1v) is 4.99. The molecule has 0 bridgehead atoms. The molecule has 0 aromatic carbocycles. The summed E-state index contributed by atoms with van der Waals surface area (Å²) in [5.74, 6) is -2.59. The lowest BCUT2D eigenvalue weighted by atomic mass is 10.2. The lowest BCUT2D eigenvalue weighted by molar-refractivity contribution is -0.143. The fourth-order valence-corrected chi connectivity index (χ4v) is 0.893. The number of carbonyl (C=O) groups is 3. The largest absolute Gasteiger partial charge is 0.480 e. The van der Waals surface area contributed by atoms with Gasteiger partial charge in [-0.1, -0.05) is 0 Å². The second-order valence-corrected chi connectivity index (χ2v) is 3.60. The van der Waals surface area contributed by atoms with Crippen molar-refractivity contribution in [1.82, 2.24) is 10.6 Å². The second-order valence-electron chi connectivity index (χ2n) is 3.60. The van der Waals surface area contributed by atoms with Gasteiger partial charge in [-0.2, -0.15) is 0 Å². The third kappa shape index (κ3) is 5.27. The minimum Gasteiger partial charge on any atom is -0.480 e. The number of nitrogens with two attached hydrogens (primary N) is 1. The van der Waals surface area contributed by atoms with E-state index in [0.29, 0.717) is 0 Å². The second kappa shape index (κ2) is 6.81. The molecule has 0 aliphatic carbocycles. The maximum Gasteiger partial charge on any atom is 0.328 e. The van der Waals surface area contributed by atoms with Gasteiger partial charge in [0.25, 0.3) is 0 Å². The highest BCUT2D eigenvalue weighted by molar-refractivity contribution is 5.91. The van der Waals surface area contributed by atoms with E-state index in [9.17, 15) is 14.4 Å². The first kappa shape index (κ1) is 15.3. The van der Waals surface area contributed by atoms with Crippen molar-refractivity contribution in [3.63, 3.8) is 0 Å². The van der Waals surface area contributed by atoms with Crippen molar-refractivity contribution >= 4 is 17.8 Å². The van der Waals surface area contributed by atoms with E-state index in [-0.39, 0.29) is 0 Å². The molecule has 0 aliphatic rings. The Morgan fingerprint density at radius 3 is 2.06 bits per heavy atom. The molecule has 0 rings (SSSR count). The Balaban J connectivity index is 4.31. The molecule has 17 heavy (non-hydrogen) atoms. The normalized spacial score (nSPS) is 15.5. The number of carboxylic acids is 1. The molecule has 8 nitrogen and oxygen atoms in total. The van der Waals surface area contributed by atoms with Crippen LogP contribution in [0.4, 0.5) is 0 Å². The van der Waals surface area contributed by atoms with E-state index in [2.05, 4.69) is 10.6 Å². The summed E-state index contributed by atoms with van der Waals surface area (Å²) in [6.45, 7) is 2.11. The summed E-state index contributed by atoms with van der Waals surface area (Å²) in [7, 11) is 0. The van der Waals surface area contributed by atoms with Crippen molar-refractivity contribution < 1.29 is 24.6 Å². The smallest absolute Gasteiger partial charge is 0.328 e. The first-order chi connectivity index (χ1) is 7.79. The van der Waals surface area contributed by atoms with E-state index < -0.39 is 42.5 Å². The molecular formula is C9H17N3O5. The fraction of sp³-hybridized carbons (Fsp3) is 0.667. The molecule has 0 radical (unpaired) electrons. The van der Waals surface area contributed by atoms with Crippen molar-refractivity contribution in [2.24, 2.45) is 5.73 Å². The van der Waals surface area contributed by atoms with Crippen molar-refractivity contribution in [1.29, 1.82) is 0 Å². The minimum atomic E-state index is -1.39. The SMILES string of the molecule is CC(N)C(=O)NC(C)C(=O)NC(CO)C(=O)O. The maximum atomic E-state index is 11.4. The van der Waals surface area contributed by atoms with Crippen LogP contribution in [-0.4, -0.2) is 52.7 Å². The molecular weight excluding hydrogens is 230 g/mol. The van der Waals surface area contributed by atoms with Gasteiger partial charge in [-0.3, -0.25) is 9.59 Å². The monoisotopic (exact) mass is 247 g/mol. The van der Waals surface area contributed by atoms with Gasteiger partial charge in [-0.15, -0.1) is 0 Å². The zero-order chi connectivity index (χ0) is 13.6. The van der Waals surface area contributed by atoms with Crippen LogP contribution in [-0.2, 0) is 14.4 Å². The van der Waals surface area contributed by atoms with Gasteiger partial charge in [-0.05, 0) is 13.8 Å². The first-order valence-electron chi connectivity index (χ1n) is 4.99. The molecule has 0 fully saturated rings. The highest BCUT2D eigenvalue weighted by Crippen LogP contribution is 1.89. The van der Waals surface area contributed by atoms with Crippen LogP contribution in [0.15, 0.2) is 0 Å². The predicted octanol–water partition coefficient (Wildman–Crippen LogP) is -2.60. The zero-order valence-corrected chi connectivity index (χ0v) is 9.64. The predicted molar refractivity (Wildman–Crippen MR) is 57.9 cm³/mol. The maximum absolute atomic E-state index is 11.4. The van der Waals surface area contributed by atoms with Gasteiger partial charge in [0, 0.05) is 0 Å². The Morgan fingerprint density at radius 1 is 1.18 bits per heavy atom. The van der Waals surface area contributed by atoms with Gasteiger partial charge < -0.3 is 26.6 Å². The molecule has 0 aliphatic heterocycles. The molecule has 2 amide bonds.